The summed E-state index contributed by atoms with van der Waals surface area (Å²) in [5.41, 5.74) is 4.48. The molecule has 1 aliphatic heterocycles. The van der Waals surface area contributed by atoms with Crippen LogP contribution < -0.4 is 11.2 Å². The molecule has 0 amide bonds. The number of aliphatic hydroxyl groups is 1. The molecule has 2 unspecified atom stereocenters. The molecule has 0 aliphatic carbocycles. The third kappa shape index (κ3) is 2.80. The second kappa shape index (κ2) is 6.32. The van der Waals surface area contributed by atoms with Gasteiger partial charge in [-0.25, -0.2) is 9.78 Å². The van der Waals surface area contributed by atoms with Crippen molar-refractivity contribution >= 4 is 11.3 Å². The standard InChI is InChI=1S/C17H18N4O4/c22-10-13-5-6-16(25-13)20-8-7-15-18-14(9-21(15)17(20)23)11-1-3-12(19-24)4-2-11/h1-4,7-9,13,16,19,22,24H,5-6,10H2. The molecule has 4 rings (SSSR count). The van der Waals surface area contributed by atoms with E-state index in [2.05, 4.69) is 10.5 Å². The van der Waals surface area contributed by atoms with E-state index in [1.54, 1.807) is 30.6 Å². The summed E-state index contributed by atoms with van der Waals surface area (Å²) < 4.78 is 8.72. The number of rotatable bonds is 4. The Kier molecular flexibility index (Phi) is 4.00. The highest BCUT2D eigenvalue weighted by molar-refractivity contribution is 5.64. The van der Waals surface area contributed by atoms with E-state index in [0.717, 1.165) is 12.0 Å². The molecule has 3 N–H and O–H groups in total. The van der Waals surface area contributed by atoms with E-state index in [4.69, 9.17) is 9.94 Å². The Morgan fingerprint density at radius 3 is 2.72 bits per heavy atom. The van der Waals surface area contributed by atoms with Crippen molar-refractivity contribution < 1.29 is 15.1 Å². The minimum atomic E-state index is -0.366. The van der Waals surface area contributed by atoms with Crippen LogP contribution in [0.1, 0.15) is 19.1 Å². The van der Waals surface area contributed by atoms with Crippen LogP contribution in [0.5, 0.6) is 0 Å². The predicted octanol–water partition coefficient (Wildman–Crippen LogP) is 1.63. The second-order valence-corrected chi connectivity index (χ2v) is 6.02. The summed E-state index contributed by atoms with van der Waals surface area (Å²) in [5.74, 6) is 0. The molecule has 0 bridgehead atoms. The fraction of sp³-hybridized carbons (Fsp3) is 0.294. The Labute approximate surface area is 142 Å². The van der Waals surface area contributed by atoms with Gasteiger partial charge in [0.1, 0.15) is 11.9 Å². The lowest BCUT2D eigenvalue weighted by Gasteiger charge is -2.14. The molecule has 0 radical (unpaired) electrons. The summed E-state index contributed by atoms with van der Waals surface area (Å²) in [6.45, 7) is -0.0403. The molecule has 3 heterocycles. The van der Waals surface area contributed by atoms with Crippen LogP contribution in [-0.4, -0.2) is 37.0 Å². The van der Waals surface area contributed by atoms with Crippen LogP contribution in [0.4, 0.5) is 5.69 Å². The van der Waals surface area contributed by atoms with E-state index in [0.29, 0.717) is 23.4 Å². The number of nitrogens with one attached hydrogen (secondary N) is 1. The third-order valence-electron chi connectivity index (χ3n) is 4.45. The quantitative estimate of drug-likeness (QED) is 0.623. The minimum absolute atomic E-state index is 0.0403. The number of imidazole rings is 1. The maximum atomic E-state index is 12.8. The third-order valence-corrected chi connectivity index (χ3v) is 4.45. The molecular formula is C17H18N4O4. The summed E-state index contributed by atoms with van der Waals surface area (Å²) in [5, 5.41) is 18.1. The van der Waals surface area contributed by atoms with Crippen LogP contribution in [0, 0.1) is 0 Å². The van der Waals surface area contributed by atoms with Gasteiger partial charge in [0, 0.05) is 18.0 Å². The van der Waals surface area contributed by atoms with Crippen molar-refractivity contribution in [3.05, 3.63) is 53.2 Å². The topological polar surface area (TPSA) is 101 Å². The van der Waals surface area contributed by atoms with E-state index in [-0.39, 0.29) is 24.6 Å². The second-order valence-electron chi connectivity index (χ2n) is 6.02. The molecule has 2 atom stereocenters. The van der Waals surface area contributed by atoms with Crippen LogP contribution in [-0.2, 0) is 4.74 Å². The Balaban J connectivity index is 1.71. The SMILES string of the molecule is O=c1n(C2CCC(CO)O2)ccc2nc(-c3ccc(NO)cc3)cn12. The van der Waals surface area contributed by atoms with E-state index >= 15 is 0 Å². The molecule has 8 heteroatoms. The normalized spacial score (nSPS) is 20.2. The summed E-state index contributed by atoms with van der Waals surface area (Å²) >= 11 is 0. The molecule has 1 aromatic carbocycles. The van der Waals surface area contributed by atoms with Crippen molar-refractivity contribution in [3.63, 3.8) is 0 Å². The van der Waals surface area contributed by atoms with Gasteiger partial charge in [-0.05, 0) is 31.0 Å². The van der Waals surface area contributed by atoms with Gasteiger partial charge in [0.05, 0.1) is 24.1 Å². The molecule has 1 saturated heterocycles. The van der Waals surface area contributed by atoms with Gasteiger partial charge in [-0.3, -0.25) is 19.7 Å². The molecule has 25 heavy (non-hydrogen) atoms. The lowest BCUT2D eigenvalue weighted by molar-refractivity contribution is -0.0247. The van der Waals surface area contributed by atoms with Crippen LogP contribution in [0.15, 0.2) is 47.5 Å². The van der Waals surface area contributed by atoms with E-state index in [1.807, 2.05) is 12.1 Å². The van der Waals surface area contributed by atoms with E-state index in [9.17, 15) is 9.90 Å². The van der Waals surface area contributed by atoms with Crippen LogP contribution >= 0.6 is 0 Å². The maximum absolute atomic E-state index is 12.8. The van der Waals surface area contributed by atoms with E-state index < -0.39 is 0 Å². The zero-order chi connectivity index (χ0) is 17.4. The van der Waals surface area contributed by atoms with Gasteiger partial charge < -0.3 is 9.84 Å². The molecule has 8 nitrogen and oxygen atoms in total. The van der Waals surface area contributed by atoms with Crippen LogP contribution in [0.3, 0.4) is 0 Å². The van der Waals surface area contributed by atoms with Gasteiger partial charge in [-0.1, -0.05) is 12.1 Å². The Hall–Kier alpha value is -2.68. The summed E-state index contributed by atoms with van der Waals surface area (Å²) in [4.78, 5) is 17.2. The Morgan fingerprint density at radius 2 is 2.04 bits per heavy atom. The number of ether oxygens (including phenoxy) is 1. The van der Waals surface area contributed by atoms with Crippen molar-refractivity contribution in [1.29, 1.82) is 0 Å². The van der Waals surface area contributed by atoms with Crippen LogP contribution in [0.2, 0.25) is 0 Å². The van der Waals surface area contributed by atoms with Crippen LogP contribution in [0.25, 0.3) is 16.9 Å². The zero-order valence-electron chi connectivity index (χ0n) is 13.4. The van der Waals surface area contributed by atoms with Gasteiger partial charge in [0.25, 0.3) is 0 Å². The molecule has 3 aromatic rings. The lowest BCUT2D eigenvalue weighted by Crippen LogP contribution is -2.29. The molecule has 1 fully saturated rings. The first-order chi connectivity index (χ1) is 12.2. The number of fused-ring (bicyclic) bond motifs is 1. The average Bonchev–Trinajstić information content (AvgIpc) is 3.29. The zero-order valence-corrected chi connectivity index (χ0v) is 13.4. The molecule has 1 aliphatic rings. The molecule has 0 saturated carbocycles. The number of benzene rings is 1. The van der Waals surface area contributed by atoms with Crippen molar-refractivity contribution in [2.75, 3.05) is 12.1 Å². The minimum Gasteiger partial charge on any atom is -0.394 e. The fourth-order valence-electron chi connectivity index (χ4n) is 3.10. The highest BCUT2D eigenvalue weighted by Gasteiger charge is 2.27. The Morgan fingerprint density at radius 1 is 1.24 bits per heavy atom. The predicted molar refractivity (Wildman–Crippen MR) is 90.5 cm³/mol. The number of aliphatic hydroxyl groups excluding tert-OH is 1. The fourth-order valence-corrected chi connectivity index (χ4v) is 3.10. The molecule has 2 aromatic heterocycles. The van der Waals surface area contributed by atoms with Crippen molar-refractivity contribution in [3.8, 4) is 11.3 Å². The molecule has 0 spiro atoms. The highest BCUT2D eigenvalue weighted by Crippen LogP contribution is 2.27. The molecular weight excluding hydrogens is 324 g/mol. The largest absolute Gasteiger partial charge is 0.394 e. The van der Waals surface area contributed by atoms with Crippen molar-refractivity contribution in [2.45, 2.75) is 25.2 Å². The lowest BCUT2D eigenvalue weighted by atomic mass is 10.1. The van der Waals surface area contributed by atoms with Crippen molar-refractivity contribution in [1.82, 2.24) is 14.0 Å². The van der Waals surface area contributed by atoms with Gasteiger partial charge in [-0.15, -0.1) is 0 Å². The first-order valence-electron chi connectivity index (χ1n) is 8.06. The summed E-state index contributed by atoms with van der Waals surface area (Å²) in [6.07, 6.45) is 4.20. The number of aromatic nitrogens is 3. The summed E-state index contributed by atoms with van der Waals surface area (Å²) in [7, 11) is 0. The number of nitrogens with zero attached hydrogens (tertiary/aromatic N) is 3. The monoisotopic (exact) mass is 342 g/mol. The first kappa shape index (κ1) is 15.8. The number of hydrogen-bond donors (Lipinski definition) is 3. The van der Waals surface area contributed by atoms with Gasteiger partial charge >= 0.3 is 5.69 Å². The first-order valence-corrected chi connectivity index (χ1v) is 8.06. The van der Waals surface area contributed by atoms with Gasteiger partial charge in [0.15, 0.2) is 0 Å². The smallest absolute Gasteiger partial charge is 0.336 e. The number of hydrogen-bond acceptors (Lipinski definition) is 6. The van der Waals surface area contributed by atoms with Gasteiger partial charge in [-0.2, -0.15) is 0 Å². The molecule has 130 valence electrons. The number of anilines is 1. The maximum Gasteiger partial charge on any atom is 0.336 e. The Bertz CT molecular complexity index is 947. The summed E-state index contributed by atoms with van der Waals surface area (Å²) in [6, 6.07) is 8.83. The average molecular weight is 342 g/mol. The van der Waals surface area contributed by atoms with Crippen molar-refractivity contribution in [2.24, 2.45) is 0 Å². The highest BCUT2D eigenvalue weighted by atomic mass is 16.5. The van der Waals surface area contributed by atoms with E-state index in [1.165, 1.54) is 8.97 Å². The van der Waals surface area contributed by atoms with Gasteiger partial charge in [0.2, 0.25) is 0 Å².